The zero-order valence-corrected chi connectivity index (χ0v) is 19.6. The van der Waals surface area contributed by atoms with E-state index < -0.39 is 0 Å². The van der Waals surface area contributed by atoms with Gasteiger partial charge in [0.05, 0.1) is 29.3 Å². The number of hydrogen-bond acceptors (Lipinski definition) is 5. The van der Waals surface area contributed by atoms with E-state index in [0.29, 0.717) is 33.4 Å². The van der Waals surface area contributed by atoms with Crippen molar-refractivity contribution in [3.8, 4) is 5.69 Å². The van der Waals surface area contributed by atoms with Gasteiger partial charge in [0.1, 0.15) is 0 Å². The molecule has 0 spiro atoms. The number of morpholine rings is 1. The number of thioether (sulfide) groups is 1. The van der Waals surface area contributed by atoms with Gasteiger partial charge < -0.3 is 4.74 Å². The normalized spacial score (nSPS) is 16.8. The molecule has 0 saturated carbocycles. The largest absolute Gasteiger partial charge is 0.375 e. The molecule has 7 heteroatoms. The van der Waals surface area contributed by atoms with Crippen LogP contribution in [0.15, 0.2) is 88.8 Å². The molecule has 1 aliphatic rings. The first-order valence-electron chi connectivity index (χ1n) is 11.0. The molecular formula is C26H24ClN3O2S. The lowest BCUT2D eigenvalue weighted by atomic mass is 10.2. The van der Waals surface area contributed by atoms with E-state index in [2.05, 4.69) is 29.2 Å². The average Bonchev–Trinajstić information content (AvgIpc) is 2.84. The first kappa shape index (κ1) is 22.2. The van der Waals surface area contributed by atoms with Gasteiger partial charge in [-0.05, 0) is 35.9 Å². The molecule has 0 radical (unpaired) electrons. The molecule has 0 amide bonds. The molecular weight excluding hydrogens is 454 g/mol. The summed E-state index contributed by atoms with van der Waals surface area (Å²) in [4.78, 5) is 20.6. The highest BCUT2D eigenvalue weighted by atomic mass is 35.5. The Morgan fingerprint density at radius 3 is 2.58 bits per heavy atom. The van der Waals surface area contributed by atoms with Crippen LogP contribution in [0.5, 0.6) is 0 Å². The maximum atomic E-state index is 13.4. The number of aromatic nitrogens is 2. The fourth-order valence-electron chi connectivity index (χ4n) is 4.07. The third kappa shape index (κ3) is 5.14. The molecule has 1 unspecified atom stereocenters. The highest BCUT2D eigenvalue weighted by Crippen LogP contribution is 2.25. The number of rotatable bonds is 6. The molecule has 1 fully saturated rings. The van der Waals surface area contributed by atoms with E-state index in [1.54, 1.807) is 34.5 Å². The van der Waals surface area contributed by atoms with Crippen LogP contribution in [0.4, 0.5) is 0 Å². The molecule has 1 atom stereocenters. The van der Waals surface area contributed by atoms with E-state index in [1.165, 1.54) is 5.56 Å². The molecule has 4 aromatic rings. The highest BCUT2D eigenvalue weighted by molar-refractivity contribution is 7.99. The van der Waals surface area contributed by atoms with Crippen molar-refractivity contribution in [2.45, 2.75) is 17.8 Å². The van der Waals surface area contributed by atoms with E-state index >= 15 is 0 Å². The summed E-state index contributed by atoms with van der Waals surface area (Å²) in [5.41, 5.74) is 2.61. The Morgan fingerprint density at radius 2 is 1.79 bits per heavy atom. The fraction of sp³-hybridized carbons (Fsp3) is 0.231. The molecule has 2 heterocycles. The van der Waals surface area contributed by atoms with E-state index in [9.17, 15) is 4.79 Å². The van der Waals surface area contributed by atoms with Crippen molar-refractivity contribution in [3.05, 3.63) is 99.8 Å². The van der Waals surface area contributed by atoms with Crippen LogP contribution in [-0.4, -0.2) is 46.0 Å². The van der Waals surface area contributed by atoms with Crippen LogP contribution in [0, 0.1) is 0 Å². The van der Waals surface area contributed by atoms with E-state index in [-0.39, 0.29) is 11.7 Å². The quantitative estimate of drug-likeness (QED) is 0.288. The Labute approximate surface area is 202 Å². The van der Waals surface area contributed by atoms with Gasteiger partial charge in [0.15, 0.2) is 5.16 Å². The minimum absolute atomic E-state index is 0.0589. The zero-order chi connectivity index (χ0) is 22.6. The Kier molecular flexibility index (Phi) is 6.78. The Balaban J connectivity index is 1.39. The molecule has 3 aromatic carbocycles. The second-order valence-electron chi connectivity index (χ2n) is 8.06. The van der Waals surface area contributed by atoms with Crippen LogP contribution in [0.25, 0.3) is 16.6 Å². The van der Waals surface area contributed by atoms with Gasteiger partial charge in [0.2, 0.25) is 0 Å². The zero-order valence-electron chi connectivity index (χ0n) is 18.1. The van der Waals surface area contributed by atoms with Crippen LogP contribution in [0.1, 0.15) is 5.56 Å². The third-order valence-electron chi connectivity index (χ3n) is 5.69. The first-order valence-corrected chi connectivity index (χ1v) is 12.3. The maximum absolute atomic E-state index is 13.4. The molecule has 1 aromatic heterocycles. The molecule has 1 saturated heterocycles. The molecule has 33 heavy (non-hydrogen) atoms. The van der Waals surface area contributed by atoms with Crippen LogP contribution in [0.2, 0.25) is 5.02 Å². The van der Waals surface area contributed by atoms with E-state index in [0.717, 1.165) is 25.3 Å². The van der Waals surface area contributed by atoms with Gasteiger partial charge in [-0.1, -0.05) is 71.9 Å². The second kappa shape index (κ2) is 10.1. The monoisotopic (exact) mass is 477 g/mol. The molecule has 0 aliphatic carbocycles. The second-order valence-corrected chi connectivity index (χ2v) is 9.48. The third-order valence-corrected chi connectivity index (χ3v) is 6.99. The average molecular weight is 478 g/mol. The Hall–Kier alpha value is -2.64. The van der Waals surface area contributed by atoms with Crippen molar-refractivity contribution in [2.75, 3.05) is 25.4 Å². The number of para-hydroxylation sites is 1. The standard InChI is InChI=1S/C26H24ClN3O2S/c27-20-11-12-23-24(15-20)28-26(30(25(23)31)21-9-5-2-6-10-21)33-18-22-17-29(13-14-32-22)16-19-7-3-1-4-8-19/h1-12,15,22H,13-14,16-18H2. The SMILES string of the molecule is O=c1c2ccc(Cl)cc2nc(SCC2CN(Cc3ccccc3)CCO2)n1-c1ccccc1. The first-order chi connectivity index (χ1) is 16.2. The topological polar surface area (TPSA) is 47.4 Å². The highest BCUT2D eigenvalue weighted by Gasteiger charge is 2.22. The Bertz CT molecular complexity index is 1300. The minimum Gasteiger partial charge on any atom is -0.375 e. The van der Waals surface area contributed by atoms with Crippen LogP contribution >= 0.6 is 23.4 Å². The molecule has 5 nitrogen and oxygen atoms in total. The summed E-state index contributed by atoms with van der Waals surface area (Å²) < 4.78 is 7.74. The van der Waals surface area contributed by atoms with Gasteiger partial charge in [-0.25, -0.2) is 4.98 Å². The molecule has 0 N–H and O–H groups in total. The number of nitrogens with zero attached hydrogens (tertiary/aromatic N) is 3. The summed E-state index contributed by atoms with van der Waals surface area (Å²) in [5.74, 6) is 0.705. The van der Waals surface area contributed by atoms with Gasteiger partial charge in [0, 0.05) is 30.4 Å². The lowest BCUT2D eigenvalue weighted by Gasteiger charge is -2.32. The minimum atomic E-state index is -0.0966. The maximum Gasteiger partial charge on any atom is 0.266 e. The van der Waals surface area contributed by atoms with Crippen molar-refractivity contribution < 1.29 is 4.74 Å². The van der Waals surface area contributed by atoms with Crippen molar-refractivity contribution in [1.82, 2.24) is 14.5 Å². The summed E-state index contributed by atoms with van der Waals surface area (Å²) in [5, 5.41) is 1.76. The fourth-order valence-corrected chi connectivity index (χ4v) is 5.26. The number of fused-ring (bicyclic) bond motifs is 1. The number of halogens is 1. The van der Waals surface area contributed by atoms with Crippen LogP contribution in [-0.2, 0) is 11.3 Å². The molecule has 1 aliphatic heterocycles. The summed E-state index contributed by atoms with van der Waals surface area (Å²) >= 11 is 7.73. The number of ether oxygens (including phenoxy) is 1. The summed E-state index contributed by atoms with van der Waals surface area (Å²) in [6.07, 6.45) is 0.0589. The molecule has 5 rings (SSSR count). The van der Waals surface area contributed by atoms with Crippen molar-refractivity contribution in [3.63, 3.8) is 0 Å². The van der Waals surface area contributed by atoms with Crippen molar-refractivity contribution in [2.24, 2.45) is 0 Å². The van der Waals surface area contributed by atoms with E-state index in [4.69, 9.17) is 21.3 Å². The van der Waals surface area contributed by atoms with Gasteiger partial charge in [0.25, 0.3) is 5.56 Å². The van der Waals surface area contributed by atoms with Gasteiger partial charge >= 0.3 is 0 Å². The van der Waals surface area contributed by atoms with E-state index in [1.807, 2.05) is 36.4 Å². The predicted molar refractivity (Wildman–Crippen MR) is 135 cm³/mol. The Morgan fingerprint density at radius 1 is 1.03 bits per heavy atom. The van der Waals surface area contributed by atoms with Crippen LogP contribution < -0.4 is 5.56 Å². The van der Waals surface area contributed by atoms with Crippen molar-refractivity contribution in [1.29, 1.82) is 0 Å². The van der Waals surface area contributed by atoms with Crippen LogP contribution in [0.3, 0.4) is 0 Å². The number of benzene rings is 3. The van der Waals surface area contributed by atoms with Gasteiger partial charge in [-0.3, -0.25) is 14.3 Å². The van der Waals surface area contributed by atoms with Crippen molar-refractivity contribution >= 4 is 34.3 Å². The molecule has 0 bridgehead atoms. The molecule has 168 valence electrons. The predicted octanol–water partition coefficient (Wildman–Crippen LogP) is 5.03. The lowest BCUT2D eigenvalue weighted by Crippen LogP contribution is -2.43. The summed E-state index contributed by atoms with van der Waals surface area (Å²) in [6, 6.07) is 25.3. The summed E-state index contributed by atoms with van der Waals surface area (Å²) in [7, 11) is 0. The lowest BCUT2D eigenvalue weighted by molar-refractivity contribution is -0.0187. The summed E-state index contributed by atoms with van der Waals surface area (Å²) in [6.45, 7) is 3.37. The smallest absolute Gasteiger partial charge is 0.266 e. The van der Waals surface area contributed by atoms with Gasteiger partial charge in [-0.15, -0.1) is 0 Å². The van der Waals surface area contributed by atoms with Gasteiger partial charge in [-0.2, -0.15) is 0 Å². The number of hydrogen-bond donors (Lipinski definition) is 0.